The lowest BCUT2D eigenvalue weighted by atomic mass is 10.2. The second kappa shape index (κ2) is 4.63. The predicted octanol–water partition coefficient (Wildman–Crippen LogP) is 1.81. The molecule has 3 N–H and O–H groups in total. The van der Waals surface area contributed by atoms with Gasteiger partial charge in [-0.2, -0.15) is 5.26 Å². The van der Waals surface area contributed by atoms with Crippen molar-refractivity contribution in [1.82, 2.24) is 0 Å². The summed E-state index contributed by atoms with van der Waals surface area (Å²) in [6, 6.07) is 1.98. The Kier molecular flexibility index (Phi) is 3.20. The second-order valence-electron chi connectivity index (χ2n) is 3.98. The minimum absolute atomic E-state index is 0.211. The zero-order valence-corrected chi connectivity index (χ0v) is 10.3. The van der Waals surface area contributed by atoms with Crippen molar-refractivity contribution in [3.8, 4) is 6.07 Å². The first kappa shape index (κ1) is 11.7. The van der Waals surface area contributed by atoms with Crippen LogP contribution in [-0.4, -0.2) is 19.6 Å². The standard InChI is InChI=1S/C11H13N3O2S/c1-16-11(15)8-9(13)7(4-12)17-10(8)14-5-6-2-3-6/h6,14H,2-3,5,13H2,1H3. The number of hydrogen-bond acceptors (Lipinski definition) is 6. The number of nitrogens with zero attached hydrogens (tertiary/aromatic N) is 1. The molecular formula is C11H13N3O2S. The van der Waals surface area contributed by atoms with Crippen LogP contribution < -0.4 is 11.1 Å². The molecule has 1 aromatic rings. The van der Waals surface area contributed by atoms with Crippen molar-refractivity contribution in [2.75, 3.05) is 24.7 Å². The lowest BCUT2D eigenvalue weighted by molar-refractivity contribution is 0.0603. The number of carbonyl (C=O) groups excluding carboxylic acids is 1. The topological polar surface area (TPSA) is 88.1 Å². The van der Waals surface area contributed by atoms with Crippen LogP contribution in [-0.2, 0) is 4.74 Å². The maximum absolute atomic E-state index is 11.6. The van der Waals surface area contributed by atoms with Crippen LogP contribution in [0, 0.1) is 17.2 Å². The molecule has 0 aliphatic heterocycles. The molecular weight excluding hydrogens is 238 g/mol. The molecule has 2 rings (SSSR count). The summed E-state index contributed by atoms with van der Waals surface area (Å²) in [5.41, 5.74) is 6.26. The molecule has 1 fully saturated rings. The summed E-state index contributed by atoms with van der Waals surface area (Å²) in [6.07, 6.45) is 2.43. The zero-order valence-electron chi connectivity index (χ0n) is 9.45. The summed E-state index contributed by atoms with van der Waals surface area (Å²) >= 11 is 1.20. The highest BCUT2D eigenvalue weighted by Crippen LogP contribution is 2.37. The molecule has 0 saturated heterocycles. The summed E-state index contributed by atoms with van der Waals surface area (Å²) < 4.78 is 4.68. The summed E-state index contributed by atoms with van der Waals surface area (Å²) in [4.78, 5) is 12.0. The van der Waals surface area contributed by atoms with Gasteiger partial charge in [0.1, 0.15) is 21.5 Å². The largest absolute Gasteiger partial charge is 0.465 e. The van der Waals surface area contributed by atoms with Crippen LogP contribution in [0.15, 0.2) is 0 Å². The Morgan fingerprint density at radius 1 is 1.71 bits per heavy atom. The molecule has 0 unspecified atom stereocenters. The normalized spacial score (nSPS) is 14.1. The first-order valence-electron chi connectivity index (χ1n) is 5.32. The predicted molar refractivity (Wildman–Crippen MR) is 66.0 cm³/mol. The van der Waals surface area contributed by atoms with Gasteiger partial charge in [0.05, 0.1) is 12.8 Å². The number of thiophene rings is 1. The van der Waals surface area contributed by atoms with E-state index in [0.717, 1.165) is 6.54 Å². The fourth-order valence-electron chi connectivity index (χ4n) is 1.52. The van der Waals surface area contributed by atoms with Crippen LogP contribution in [0.1, 0.15) is 28.1 Å². The van der Waals surface area contributed by atoms with Gasteiger partial charge < -0.3 is 15.8 Å². The summed E-state index contributed by atoms with van der Waals surface area (Å²) in [5.74, 6) is 0.174. The Balaban J connectivity index is 2.27. The average Bonchev–Trinajstić information content (AvgIpc) is 3.10. The van der Waals surface area contributed by atoms with Gasteiger partial charge in [0.25, 0.3) is 0 Å². The molecule has 1 aliphatic rings. The van der Waals surface area contributed by atoms with Crippen molar-refractivity contribution >= 4 is 28.0 Å². The Morgan fingerprint density at radius 3 is 2.94 bits per heavy atom. The summed E-state index contributed by atoms with van der Waals surface area (Å²) in [7, 11) is 1.30. The molecule has 5 nitrogen and oxygen atoms in total. The highest BCUT2D eigenvalue weighted by atomic mass is 32.1. The number of nitrogen functional groups attached to an aromatic ring is 1. The number of methoxy groups -OCH3 is 1. The number of nitrogens with two attached hydrogens (primary N) is 1. The first-order valence-corrected chi connectivity index (χ1v) is 6.13. The van der Waals surface area contributed by atoms with Crippen molar-refractivity contribution < 1.29 is 9.53 Å². The molecule has 1 aliphatic carbocycles. The van der Waals surface area contributed by atoms with E-state index in [9.17, 15) is 4.79 Å². The van der Waals surface area contributed by atoms with Gasteiger partial charge in [-0.3, -0.25) is 0 Å². The van der Waals surface area contributed by atoms with Crippen molar-refractivity contribution in [3.63, 3.8) is 0 Å². The van der Waals surface area contributed by atoms with E-state index in [4.69, 9.17) is 11.0 Å². The van der Waals surface area contributed by atoms with E-state index in [2.05, 4.69) is 10.1 Å². The van der Waals surface area contributed by atoms with Gasteiger partial charge in [-0.25, -0.2) is 4.79 Å². The quantitative estimate of drug-likeness (QED) is 0.797. The fraction of sp³-hybridized carbons (Fsp3) is 0.455. The maximum atomic E-state index is 11.6. The third kappa shape index (κ3) is 2.34. The van der Waals surface area contributed by atoms with Crippen molar-refractivity contribution in [2.24, 2.45) is 5.92 Å². The SMILES string of the molecule is COC(=O)c1c(NCC2CC2)sc(C#N)c1N. The molecule has 17 heavy (non-hydrogen) atoms. The fourth-order valence-corrected chi connectivity index (χ4v) is 2.43. The van der Waals surface area contributed by atoms with E-state index in [1.165, 1.54) is 31.3 Å². The van der Waals surface area contributed by atoms with Crippen LogP contribution in [0.25, 0.3) is 0 Å². The van der Waals surface area contributed by atoms with Crippen molar-refractivity contribution in [1.29, 1.82) is 5.26 Å². The Morgan fingerprint density at radius 2 is 2.41 bits per heavy atom. The van der Waals surface area contributed by atoms with Crippen LogP contribution in [0.5, 0.6) is 0 Å². The molecule has 0 amide bonds. The molecule has 90 valence electrons. The third-order valence-corrected chi connectivity index (χ3v) is 3.75. The molecule has 6 heteroatoms. The molecule has 0 spiro atoms. The van der Waals surface area contributed by atoms with E-state index in [1.807, 2.05) is 6.07 Å². The zero-order chi connectivity index (χ0) is 12.4. The molecule has 1 aromatic heterocycles. The molecule has 0 bridgehead atoms. The highest BCUT2D eigenvalue weighted by Gasteiger charge is 2.25. The molecule has 0 aromatic carbocycles. The third-order valence-electron chi connectivity index (χ3n) is 2.68. The van der Waals surface area contributed by atoms with Gasteiger partial charge in [0.2, 0.25) is 0 Å². The van der Waals surface area contributed by atoms with E-state index in [-0.39, 0.29) is 11.3 Å². The minimum atomic E-state index is -0.501. The molecule has 1 heterocycles. The van der Waals surface area contributed by atoms with Crippen LogP contribution in [0.2, 0.25) is 0 Å². The number of nitriles is 1. The second-order valence-corrected chi connectivity index (χ2v) is 5.00. The van der Waals surface area contributed by atoms with Crippen molar-refractivity contribution in [2.45, 2.75) is 12.8 Å². The maximum Gasteiger partial charge on any atom is 0.343 e. The number of ether oxygens (including phenoxy) is 1. The molecule has 1 saturated carbocycles. The number of carbonyl (C=O) groups is 1. The van der Waals surface area contributed by atoms with Crippen molar-refractivity contribution in [3.05, 3.63) is 10.4 Å². The molecule has 0 atom stereocenters. The Hall–Kier alpha value is -1.74. The number of hydrogen-bond donors (Lipinski definition) is 2. The molecule has 0 radical (unpaired) electrons. The van der Waals surface area contributed by atoms with Crippen LogP contribution >= 0.6 is 11.3 Å². The average molecular weight is 251 g/mol. The van der Waals surface area contributed by atoms with Gasteiger partial charge in [0, 0.05) is 6.54 Å². The smallest absolute Gasteiger partial charge is 0.343 e. The summed E-state index contributed by atoms with van der Waals surface area (Å²) in [5, 5.41) is 12.7. The van der Waals surface area contributed by atoms with E-state index >= 15 is 0 Å². The van der Waals surface area contributed by atoms with Gasteiger partial charge in [-0.15, -0.1) is 11.3 Å². The summed E-state index contributed by atoms with van der Waals surface area (Å²) in [6.45, 7) is 0.814. The van der Waals surface area contributed by atoms with E-state index in [1.54, 1.807) is 0 Å². The number of esters is 1. The lowest BCUT2D eigenvalue weighted by Crippen LogP contribution is -2.09. The number of anilines is 2. The number of rotatable bonds is 4. The Labute approximate surface area is 103 Å². The first-order chi connectivity index (χ1) is 8.17. The van der Waals surface area contributed by atoms with Gasteiger partial charge in [0.15, 0.2) is 0 Å². The Bertz CT molecular complexity index is 486. The lowest BCUT2D eigenvalue weighted by Gasteiger charge is -2.05. The monoisotopic (exact) mass is 251 g/mol. The van der Waals surface area contributed by atoms with Gasteiger partial charge in [-0.05, 0) is 18.8 Å². The van der Waals surface area contributed by atoms with Gasteiger partial charge in [-0.1, -0.05) is 0 Å². The highest BCUT2D eigenvalue weighted by molar-refractivity contribution is 7.17. The van der Waals surface area contributed by atoms with Crippen LogP contribution in [0.3, 0.4) is 0 Å². The van der Waals surface area contributed by atoms with Crippen LogP contribution in [0.4, 0.5) is 10.7 Å². The minimum Gasteiger partial charge on any atom is -0.465 e. The van der Waals surface area contributed by atoms with E-state index < -0.39 is 5.97 Å². The van der Waals surface area contributed by atoms with E-state index in [0.29, 0.717) is 15.8 Å². The number of nitrogens with one attached hydrogen (secondary N) is 1. The van der Waals surface area contributed by atoms with Gasteiger partial charge >= 0.3 is 5.97 Å².